The van der Waals surface area contributed by atoms with Gasteiger partial charge in [0.25, 0.3) is 0 Å². The Kier molecular flexibility index (Phi) is 7.97. The van der Waals surface area contributed by atoms with E-state index in [1.807, 2.05) is 87.4 Å². The molecule has 0 saturated carbocycles. The minimum Gasteiger partial charge on any atom is -0.396 e. The molecule has 146 valence electrons. The number of hydrogen-bond acceptors (Lipinski definition) is 3. The molecule has 0 radical (unpaired) electrons. The summed E-state index contributed by atoms with van der Waals surface area (Å²) in [6.45, 7) is 4.25. The number of aliphatic hydroxyl groups excluding tert-OH is 1. The predicted octanol–water partition coefficient (Wildman–Crippen LogP) is 5.35. The summed E-state index contributed by atoms with van der Waals surface area (Å²) in [5.74, 6) is 0.0661. The molecule has 1 N–H and O–H groups in total. The number of para-hydroxylation sites is 1. The highest BCUT2D eigenvalue weighted by Gasteiger charge is 2.16. The second kappa shape index (κ2) is 10.4. The molecule has 0 fully saturated rings. The lowest BCUT2D eigenvalue weighted by Crippen LogP contribution is -2.14. The first kappa shape index (κ1) is 21.4. The standard InChI is InChI=1S/C22H21NO.C3H8O/c1-16-15-18(17-9-5-4-6-10-17)13-14-19(16)22(24)20-11-7-8-12-21(20)23(2)3;1-2-3-4/h4-15H,1-3H3;4H,2-3H2,1H3. The van der Waals surface area contributed by atoms with E-state index in [9.17, 15) is 4.79 Å². The summed E-state index contributed by atoms with van der Waals surface area (Å²) in [4.78, 5) is 15.0. The Morgan fingerprint density at radius 2 is 1.46 bits per heavy atom. The van der Waals surface area contributed by atoms with Crippen molar-refractivity contribution in [2.24, 2.45) is 0 Å². The zero-order chi connectivity index (χ0) is 20.5. The van der Waals surface area contributed by atoms with Gasteiger partial charge in [-0.1, -0.05) is 67.6 Å². The molecule has 3 heteroatoms. The van der Waals surface area contributed by atoms with Gasteiger partial charge in [-0.05, 0) is 42.2 Å². The maximum absolute atomic E-state index is 13.0. The van der Waals surface area contributed by atoms with Crippen LogP contribution in [0.2, 0.25) is 0 Å². The number of benzene rings is 3. The Labute approximate surface area is 168 Å². The van der Waals surface area contributed by atoms with Gasteiger partial charge in [-0.25, -0.2) is 0 Å². The van der Waals surface area contributed by atoms with Crippen LogP contribution < -0.4 is 4.90 Å². The van der Waals surface area contributed by atoms with E-state index < -0.39 is 0 Å². The molecule has 0 bridgehead atoms. The minimum absolute atomic E-state index is 0.0661. The maximum Gasteiger partial charge on any atom is 0.195 e. The number of anilines is 1. The van der Waals surface area contributed by atoms with E-state index in [-0.39, 0.29) is 5.78 Å². The van der Waals surface area contributed by atoms with Crippen LogP contribution in [0.1, 0.15) is 34.8 Å². The van der Waals surface area contributed by atoms with Crippen LogP contribution in [-0.2, 0) is 0 Å². The fourth-order valence-electron chi connectivity index (χ4n) is 2.93. The fourth-order valence-corrected chi connectivity index (χ4v) is 2.93. The van der Waals surface area contributed by atoms with Crippen LogP contribution in [0.3, 0.4) is 0 Å². The molecule has 3 aromatic carbocycles. The van der Waals surface area contributed by atoms with Crippen molar-refractivity contribution in [1.29, 1.82) is 0 Å². The fraction of sp³-hybridized carbons (Fsp3) is 0.240. The molecule has 0 aliphatic carbocycles. The predicted molar refractivity (Wildman–Crippen MR) is 118 cm³/mol. The highest BCUT2D eigenvalue weighted by atomic mass is 16.2. The first-order chi connectivity index (χ1) is 13.5. The largest absolute Gasteiger partial charge is 0.396 e. The van der Waals surface area contributed by atoms with E-state index in [0.29, 0.717) is 6.61 Å². The van der Waals surface area contributed by atoms with Gasteiger partial charge in [-0.15, -0.1) is 0 Å². The molecule has 3 rings (SSSR count). The Morgan fingerprint density at radius 3 is 2.04 bits per heavy atom. The van der Waals surface area contributed by atoms with Gasteiger partial charge in [0.05, 0.1) is 0 Å². The first-order valence-corrected chi connectivity index (χ1v) is 9.57. The molecule has 0 saturated heterocycles. The van der Waals surface area contributed by atoms with Crippen molar-refractivity contribution in [3.05, 3.63) is 89.5 Å². The number of rotatable bonds is 5. The van der Waals surface area contributed by atoms with E-state index in [2.05, 4.69) is 18.2 Å². The van der Waals surface area contributed by atoms with Crippen molar-refractivity contribution in [3.8, 4) is 11.1 Å². The highest BCUT2D eigenvalue weighted by Crippen LogP contribution is 2.26. The van der Waals surface area contributed by atoms with E-state index in [1.165, 1.54) is 0 Å². The first-order valence-electron chi connectivity index (χ1n) is 9.57. The van der Waals surface area contributed by atoms with Gasteiger partial charge in [0.2, 0.25) is 0 Å². The number of nitrogens with zero attached hydrogens (tertiary/aromatic N) is 1. The Morgan fingerprint density at radius 1 is 0.857 bits per heavy atom. The van der Waals surface area contributed by atoms with Crippen molar-refractivity contribution in [2.45, 2.75) is 20.3 Å². The number of ketones is 1. The summed E-state index contributed by atoms with van der Waals surface area (Å²) in [5, 5.41) is 7.88. The molecule has 0 unspecified atom stereocenters. The van der Waals surface area contributed by atoms with E-state index >= 15 is 0 Å². The van der Waals surface area contributed by atoms with Gasteiger partial charge >= 0.3 is 0 Å². The average Bonchev–Trinajstić information content (AvgIpc) is 2.74. The highest BCUT2D eigenvalue weighted by molar-refractivity contribution is 6.13. The van der Waals surface area contributed by atoms with Gasteiger partial charge in [0, 0.05) is 37.5 Å². The van der Waals surface area contributed by atoms with Gasteiger partial charge in [0.15, 0.2) is 5.78 Å². The smallest absolute Gasteiger partial charge is 0.195 e. The molecule has 0 aliphatic heterocycles. The van der Waals surface area contributed by atoms with Crippen molar-refractivity contribution in [3.63, 3.8) is 0 Å². The lowest BCUT2D eigenvalue weighted by atomic mass is 9.94. The number of aryl methyl sites for hydroxylation is 1. The Bertz CT molecular complexity index is 899. The summed E-state index contributed by atoms with van der Waals surface area (Å²) in [6.07, 6.45) is 0.875. The third kappa shape index (κ3) is 5.30. The van der Waals surface area contributed by atoms with Crippen molar-refractivity contribution in [2.75, 3.05) is 25.6 Å². The monoisotopic (exact) mass is 375 g/mol. The van der Waals surface area contributed by atoms with E-state index in [1.54, 1.807) is 0 Å². The van der Waals surface area contributed by atoms with Gasteiger partial charge in [-0.2, -0.15) is 0 Å². The molecular formula is C25H29NO2. The minimum atomic E-state index is 0.0661. The molecule has 0 aliphatic rings. The molecule has 3 nitrogen and oxygen atoms in total. The number of hydrogen-bond donors (Lipinski definition) is 1. The lowest BCUT2D eigenvalue weighted by Gasteiger charge is -2.17. The summed E-state index contributed by atoms with van der Waals surface area (Å²) in [6, 6.07) is 24.0. The molecule has 0 atom stereocenters. The van der Waals surface area contributed by atoms with Crippen LogP contribution in [0.5, 0.6) is 0 Å². The normalized spacial score (nSPS) is 10.0. The number of carbonyl (C=O) groups is 1. The summed E-state index contributed by atoms with van der Waals surface area (Å²) in [7, 11) is 3.91. The third-order valence-corrected chi connectivity index (χ3v) is 4.43. The second-order valence-electron chi connectivity index (χ2n) is 6.86. The number of carbonyl (C=O) groups excluding carboxylic acids is 1. The van der Waals surface area contributed by atoms with Crippen LogP contribution in [-0.4, -0.2) is 31.6 Å². The molecule has 0 spiro atoms. The zero-order valence-corrected chi connectivity index (χ0v) is 17.1. The van der Waals surface area contributed by atoms with Crippen LogP contribution in [0, 0.1) is 6.92 Å². The molecule has 28 heavy (non-hydrogen) atoms. The van der Waals surface area contributed by atoms with Crippen LogP contribution in [0.4, 0.5) is 5.69 Å². The molecular weight excluding hydrogens is 346 g/mol. The topological polar surface area (TPSA) is 40.5 Å². The van der Waals surface area contributed by atoms with Crippen LogP contribution in [0.25, 0.3) is 11.1 Å². The molecule has 3 aromatic rings. The molecule has 0 heterocycles. The molecule has 0 aromatic heterocycles. The van der Waals surface area contributed by atoms with Gasteiger partial charge in [0.1, 0.15) is 0 Å². The number of aliphatic hydroxyl groups is 1. The average molecular weight is 376 g/mol. The summed E-state index contributed by atoms with van der Waals surface area (Å²) in [5.41, 5.74) is 5.71. The van der Waals surface area contributed by atoms with Gasteiger partial charge < -0.3 is 10.0 Å². The van der Waals surface area contributed by atoms with Crippen molar-refractivity contribution >= 4 is 11.5 Å². The van der Waals surface area contributed by atoms with Crippen LogP contribution >= 0.6 is 0 Å². The lowest BCUT2D eigenvalue weighted by molar-refractivity contribution is 0.103. The van der Waals surface area contributed by atoms with Gasteiger partial charge in [-0.3, -0.25) is 4.79 Å². The second-order valence-corrected chi connectivity index (χ2v) is 6.86. The Hall–Kier alpha value is -2.91. The Balaban J connectivity index is 0.000000640. The van der Waals surface area contributed by atoms with Crippen molar-refractivity contribution < 1.29 is 9.90 Å². The SMILES string of the molecule is CCCO.Cc1cc(-c2ccccc2)ccc1C(=O)c1ccccc1N(C)C. The van der Waals surface area contributed by atoms with E-state index in [4.69, 9.17) is 5.11 Å². The summed E-state index contributed by atoms with van der Waals surface area (Å²) >= 11 is 0. The van der Waals surface area contributed by atoms with Crippen LogP contribution in [0.15, 0.2) is 72.8 Å². The summed E-state index contributed by atoms with van der Waals surface area (Å²) < 4.78 is 0. The quantitative estimate of drug-likeness (QED) is 0.611. The maximum atomic E-state index is 13.0. The zero-order valence-electron chi connectivity index (χ0n) is 17.1. The third-order valence-electron chi connectivity index (χ3n) is 4.43. The molecule has 0 amide bonds. The van der Waals surface area contributed by atoms with E-state index in [0.717, 1.165) is 39.9 Å². The van der Waals surface area contributed by atoms with Crippen molar-refractivity contribution in [1.82, 2.24) is 0 Å².